The van der Waals surface area contributed by atoms with E-state index in [2.05, 4.69) is 9.80 Å². The summed E-state index contributed by atoms with van der Waals surface area (Å²) in [5.41, 5.74) is 0. The Bertz CT molecular complexity index is 1590. The Balaban J connectivity index is 0.833. The minimum absolute atomic E-state index is 0.950. The van der Waals surface area contributed by atoms with Gasteiger partial charge in [-0.15, -0.1) is 0 Å². The largest absolute Gasteiger partial charge is 0.294 e. The molecule has 0 bridgehead atoms. The molecular weight excluding hydrogens is 773 g/mol. The minimum Gasteiger partial charge on any atom is -0.294 e. The van der Waals surface area contributed by atoms with Crippen LogP contribution in [0, 0.1) is 107 Å². The maximum atomic E-state index is 3.43. The monoisotopic (exact) mass is 873 g/mol. The highest BCUT2D eigenvalue weighted by atomic mass is 15.3. The minimum atomic E-state index is 0.950. The predicted molar refractivity (Wildman–Crippen MR) is 265 cm³/mol. The van der Waals surface area contributed by atoms with Crippen LogP contribution in [0.2, 0.25) is 0 Å². The van der Waals surface area contributed by atoms with Gasteiger partial charge in [0.1, 0.15) is 0 Å². The lowest BCUT2D eigenvalue weighted by molar-refractivity contribution is -0.166. The zero-order valence-electron chi connectivity index (χ0n) is 41.6. The van der Waals surface area contributed by atoms with E-state index < -0.39 is 0 Å². The summed E-state index contributed by atoms with van der Waals surface area (Å²) in [5, 5.41) is 0. The van der Waals surface area contributed by atoms with E-state index in [-0.39, 0.29) is 0 Å². The first kappa shape index (κ1) is 42.8. The van der Waals surface area contributed by atoms with Gasteiger partial charge in [-0.25, -0.2) is 0 Å². The van der Waals surface area contributed by atoms with Crippen molar-refractivity contribution < 1.29 is 0 Å². The van der Waals surface area contributed by atoms with Gasteiger partial charge in [-0.05, 0) is 241 Å². The van der Waals surface area contributed by atoms with Crippen LogP contribution in [0.15, 0.2) is 0 Å². The van der Waals surface area contributed by atoms with Crippen LogP contribution >= 0.6 is 0 Å². The Morgan fingerprint density at radius 2 is 0.562 bits per heavy atom. The molecule has 22 unspecified atom stereocenters. The zero-order chi connectivity index (χ0) is 41.9. The van der Waals surface area contributed by atoms with Gasteiger partial charge < -0.3 is 0 Å². The topological polar surface area (TPSA) is 6.48 Å². The summed E-state index contributed by atoms with van der Waals surface area (Å²) in [6.07, 6.45) is 60.7. The smallest absolute Gasteiger partial charge is 0.0135 e. The molecule has 2 saturated heterocycles. The molecule has 358 valence electrons. The summed E-state index contributed by atoms with van der Waals surface area (Å²) in [6.45, 7) is 0. The molecule has 2 heterocycles. The summed E-state index contributed by atoms with van der Waals surface area (Å²) >= 11 is 0. The predicted octanol–water partition coefficient (Wildman–Crippen LogP) is 15.9. The van der Waals surface area contributed by atoms with E-state index in [1.165, 1.54) is 38.5 Å². The Hall–Kier alpha value is -0.0800. The molecule has 64 heavy (non-hydrogen) atoms. The van der Waals surface area contributed by atoms with Crippen molar-refractivity contribution in [2.75, 3.05) is 0 Å². The summed E-state index contributed by atoms with van der Waals surface area (Å²) in [7, 11) is 0. The van der Waals surface area contributed by atoms with Crippen LogP contribution in [0.25, 0.3) is 0 Å². The maximum Gasteiger partial charge on any atom is 0.0135 e. The average molecular weight is 873 g/mol. The molecule has 12 aliphatic carbocycles. The number of rotatable bonds is 4. The molecule has 0 radical (unpaired) electrons. The molecule has 2 heteroatoms. The van der Waals surface area contributed by atoms with Crippen molar-refractivity contribution in [1.29, 1.82) is 0 Å². The highest BCUT2D eigenvalue weighted by Gasteiger charge is 2.64. The van der Waals surface area contributed by atoms with E-state index in [1.54, 1.807) is 205 Å². The second-order valence-electron chi connectivity index (χ2n) is 28.4. The third kappa shape index (κ3) is 7.18. The van der Waals surface area contributed by atoms with Crippen molar-refractivity contribution in [2.24, 2.45) is 107 Å². The first-order valence-corrected chi connectivity index (χ1v) is 31.3. The van der Waals surface area contributed by atoms with Gasteiger partial charge in [-0.1, -0.05) is 109 Å². The van der Waals surface area contributed by atoms with Crippen molar-refractivity contribution in [3.8, 4) is 0 Å². The molecule has 0 aromatic carbocycles. The van der Waals surface area contributed by atoms with Crippen LogP contribution in [-0.4, -0.2) is 46.1 Å². The SMILES string of the molecule is C1CCC(N2C3CCCCC3C3CCC(C4C5CC6CCCCC6CC5C(C5CCC6C7CCCCC7N(C7CCCCC7)C6C5)C5CC6C(CCC7CCCCC76)CC54)CC32)CC1. The molecule has 0 amide bonds. The second kappa shape index (κ2) is 18.0. The summed E-state index contributed by atoms with van der Waals surface area (Å²) in [5.74, 6) is 19.6. The Morgan fingerprint density at radius 3 is 1.09 bits per heavy atom. The van der Waals surface area contributed by atoms with Crippen LogP contribution in [0.4, 0.5) is 0 Å². The van der Waals surface area contributed by atoms with Crippen LogP contribution in [0.5, 0.6) is 0 Å². The molecule has 2 nitrogen and oxygen atoms in total. The molecule has 0 aromatic heterocycles. The van der Waals surface area contributed by atoms with Crippen molar-refractivity contribution in [3.63, 3.8) is 0 Å². The molecule has 0 spiro atoms. The lowest BCUT2D eigenvalue weighted by Crippen LogP contribution is -2.59. The van der Waals surface area contributed by atoms with Gasteiger partial charge in [0.15, 0.2) is 0 Å². The van der Waals surface area contributed by atoms with Gasteiger partial charge in [0, 0.05) is 36.3 Å². The number of likely N-dealkylation sites (tertiary alicyclic amines) is 2. The normalized spacial score (nSPS) is 54.8. The van der Waals surface area contributed by atoms with Crippen LogP contribution in [0.3, 0.4) is 0 Å². The van der Waals surface area contributed by atoms with Crippen molar-refractivity contribution in [1.82, 2.24) is 9.80 Å². The van der Waals surface area contributed by atoms with Gasteiger partial charge in [0.2, 0.25) is 0 Å². The van der Waals surface area contributed by atoms with Crippen molar-refractivity contribution in [3.05, 3.63) is 0 Å². The van der Waals surface area contributed by atoms with E-state index >= 15 is 0 Å². The fourth-order valence-electron chi connectivity index (χ4n) is 24.7. The number of fused-ring (bicyclic) bond motifs is 12. The maximum absolute atomic E-state index is 3.43. The summed E-state index contributed by atoms with van der Waals surface area (Å²) in [4.78, 5) is 6.86. The van der Waals surface area contributed by atoms with Crippen molar-refractivity contribution >= 4 is 0 Å². The van der Waals surface area contributed by atoms with Gasteiger partial charge in [0.25, 0.3) is 0 Å². The van der Waals surface area contributed by atoms with Gasteiger partial charge in [-0.3, -0.25) is 9.80 Å². The van der Waals surface area contributed by atoms with E-state index in [0.29, 0.717) is 0 Å². The summed E-state index contributed by atoms with van der Waals surface area (Å²) in [6, 6.07) is 5.79. The Morgan fingerprint density at radius 1 is 0.188 bits per heavy atom. The van der Waals surface area contributed by atoms with Crippen LogP contribution in [-0.2, 0) is 0 Å². The first-order chi connectivity index (χ1) is 31.7. The van der Waals surface area contributed by atoms with E-state index in [0.717, 1.165) is 143 Å². The molecule has 14 aliphatic rings. The number of hydrogen-bond acceptors (Lipinski definition) is 2. The van der Waals surface area contributed by atoms with E-state index in [9.17, 15) is 0 Å². The molecular formula is C62H100N2. The Labute approximate surface area is 394 Å². The fraction of sp³-hybridized carbons (Fsp3) is 1.00. The molecule has 22 atom stereocenters. The average Bonchev–Trinajstić information content (AvgIpc) is 3.87. The van der Waals surface area contributed by atoms with Crippen LogP contribution < -0.4 is 0 Å². The van der Waals surface area contributed by atoms with E-state index in [4.69, 9.17) is 0 Å². The van der Waals surface area contributed by atoms with Gasteiger partial charge in [0.05, 0.1) is 0 Å². The zero-order valence-corrected chi connectivity index (χ0v) is 41.6. The standard InChI is InChI=1S/C62H100N2/c1-3-18-45(19-4-1)63-57-25-13-11-23-48(57)50-31-29-43(36-59(50)63)61-53-33-40-16-7-8-17-41(40)34-54(53)62(56-38-52-42(35-55(56)61)28-27-39-15-9-10-22-47(39)52)44-30-32-51-49-24-12-14-26-58(49)64(60(51)37-44)46-20-5-2-6-21-46/h39-62H,1-38H2. The number of hydrogen-bond donors (Lipinski definition) is 0. The molecule has 14 rings (SSSR count). The van der Waals surface area contributed by atoms with E-state index in [1.807, 2.05) is 0 Å². The molecule has 0 N–H and O–H groups in total. The van der Waals surface area contributed by atoms with Gasteiger partial charge >= 0.3 is 0 Å². The second-order valence-corrected chi connectivity index (χ2v) is 28.4. The quantitative estimate of drug-likeness (QED) is 0.278. The highest BCUT2D eigenvalue weighted by molar-refractivity contribution is 5.14. The third-order valence-corrected chi connectivity index (χ3v) is 26.5. The third-order valence-electron chi connectivity index (χ3n) is 26.5. The summed E-state index contributed by atoms with van der Waals surface area (Å²) < 4.78 is 0. The van der Waals surface area contributed by atoms with Gasteiger partial charge in [-0.2, -0.15) is 0 Å². The molecule has 12 saturated carbocycles. The van der Waals surface area contributed by atoms with Crippen LogP contribution in [0.1, 0.15) is 244 Å². The number of nitrogens with zero attached hydrogens (tertiary/aromatic N) is 2. The molecule has 0 aromatic rings. The molecule has 2 aliphatic heterocycles. The lowest BCUT2D eigenvalue weighted by atomic mass is 9.40. The lowest BCUT2D eigenvalue weighted by Gasteiger charge is -2.65. The van der Waals surface area contributed by atoms with Crippen molar-refractivity contribution in [2.45, 2.75) is 280 Å². The molecule has 14 fully saturated rings. The Kier molecular flexibility index (Phi) is 12.0. The first-order valence-electron chi connectivity index (χ1n) is 31.3. The highest BCUT2D eigenvalue weighted by Crippen LogP contribution is 2.69. The fourth-order valence-corrected chi connectivity index (χ4v) is 24.7.